The number of nitrogens with one attached hydrogen (secondary N) is 2. The van der Waals surface area contributed by atoms with Gasteiger partial charge in [-0.1, -0.05) is 60.7 Å². The largest absolute Gasteiger partial charge is 0.342 e. The van der Waals surface area contributed by atoms with Crippen molar-refractivity contribution in [3.63, 3.8) is 0 Å². The van der Waals surface area contributed by atoms with Crippen LogP contribution >= 0.6 is 0 Å². The molecule has 4 bridgehead atoms. The monoisotopic (exact) mass is 388 g/mol. The molecule has 6 rings (SSSR count). The highest BCUT2D eigenvalue weighted by Gasteiger charge is 2.51. The van der Waals surface area contributed by atoms with Crippen LogP contribution in [0.25, 0.3) is 0 Å². The van der Waals surface area contributed by atoms with Gasteiger partial charge < -0.3 is 10.6 Å². The molecule has 0 unspecified atom stereocenters. The molecule has 0 spiro atoms. The molecule has 2 N–H and O–H groups in total. The van der Waals surface area contributed by atoms with E-state index in [1.165, 1.54) is 19.3 Å². The van der Waals surface area contributed by atoms with Crippen molar-refractivity contribution in [1.82, 2.24) is 10.6 Å². The Labute approximate surface area is 172 Å². The molecular formula is C25H28N2O2. The predicted molar refractivity (Wildman–Crippen MR) is 112 cm³/mol. The first-order valence-corrected chi connectivity index (χ1v) is 10.8. The molecule has 0 atom stereocenters. The average Bonchev–Trinajstić information content (AvgIpc) is 2.71. The van der Waals surface area contributed by atoms with Crippen LogP contribution in [0.4, 0.5) is 0 Å². The molecule has 4 nitrogen and oxygen atoms in total. The van der Waals surface area contributed by atoms with E-state index >= 15 is 0 Å². The highest BCUT2D eigenvalue weighted by Crippen LogP contribution is 2.55. The van der Waals surface area contributed by atoms with Gasteiger partial charge in [-0.15, -0.1) is 0 Å². The predicted octanol–water partition coefficient (Wildman–Crippen LogP) is 3.98. The maximum Gasteiger partial charge on any atom is 0.310 e. The maximum atomic E-state index is 12.9. The molecule has 4 aliphatic carbocycles. The van der Waals surface area contributed by atoms with Crippen molar-refractivity contribution in [2.24, 2.45) is 17.8 Å². The second-order valence-electron chi connectivity index (χ2n) is 9.38. The molecule has 4 saturated carbocycles. The minimum atomic E-state index is -0.543. The molecule has 0 aromatic heterocycles. The fourth-order valence-electron chi connectivity index (χ4n) is 6.41. The molecule has 0 radical (unpaired) electrons. The van der Waals surface area contributed by atoms with Crippen LogP contribution in [0, 0.1) is 17.8 Å². The maximum absolute atomic E-state index is 12.9. The van der Waals surface area contributed by atoms with E-state index in [2.05, 4.69) is 10.6 Å². The number of carbonyl (C=O) groups is 2. The van der Waals surface area contributed by atoms with Gasteiger partial charge in [0.1, 0.15) is 0 Å². The Morgan fingerprint density at radius 2 is 1.17 bits per heavy atom. The summed E-state index contributed by atoms with van der Waals surface area (Å²) >= 11 is 0. The highest BCUT2D eigenvalue weighted by molar-refractivity contribution is 6.35. The van der Waals surface area contributed by atoms with Crippen LogP contribution in [-0.4, -0.2) is 17.4 Å². The third kappa shape index (κ3) is 3.68. The zero-order chi connectivity index (χ0) is 19.8. The summed E-state index contributed by atoms with van der Waals surface area (Å²) in [6.07, 6.45) is 7.05. The van der Waals surface area contributed by atoms with Gasteiger partial charge in [-0.2, -0.15) is 0 Å². The molecule has 150 valence electrons. The van der Waals surface area contributed by atoms with Crippen molar-refractivity contribution in [2.45, 2.75) is 50.1 Å². The fraction of sp³-hybridized carbons (Fsp3) is 0.440. The normalized spacial score (nSPS) is 29.6. The number of hydrogen-bond acceptors (Lipinski definition) is 2. The summed E-state index contributed by atoms with van der Waals surface area (Å²) in [5.41, 5.74) is 1.78. The van der Waals surface area contributed by atoms with Crippen LogP contribution in [-0.2, 0) is 9.59 Å². The van der Waals surface area contributed by atoms with Crippen LogP contribution in [0.5, 0.6) is 0 Å². The number of benzene rings is 2. The van der Waals surface area contributed by atoms with Crippen molar-refractivity contribution in [1.29, 1.82) is 0 Å². The fourth-order valence-corrected chi connectivity index (χ4v) is 6.41. The molecular weight excluding hydrogens is 360 g/mol. The van der Waals surface area contributed by atoms with Crippen LogP contribution in [0.1, 0.15) is 55.7 Å². The van der Waals surface area contributed by atoms with E-state index in [1.54, 1.807) is 0 Å². The van der Waals surface area contributed by atoms with Crippen LogP contribution in [0.2, 0.25) is 0 Å². The lowest BCUT2D eigenvalue weighted by Gasteiger charge is -2.56. The highest BCUT2D eigenvalue weighted by atomic mass is 16.2. The zero-order valence-corrected chi connectivity index (χ0v) is 16.6. The minimum Gasteiger partial charge on any atom is -0.342 e. The summed E-state index contributed by atoms with van der Waals surface area (Å²) in [6, 6.07) is 19.3. The first-order valence-electron chi connectivity index (χ1n) is 10.8. The van der Waals surface area contributed by atoms with Gasteiger partial charge >= 0.3 is 11.8 Å². The first-order chi connectivity index (χ1) is 14.1. The van der Waals surface area contributed by atoms with Gasteiger partial charge in [0.25, 0.3) is 0 Å². The van der Waals surface area contributed by atoms with Gasteiger partial charge in [0.2, 0.25) is 0 Å². The van der Waals surface area contributed by atoms with Gasteiger partial charge in [-0.25, -0.2) is 0 Å². The molecule has 4 heteroatoms. The van der Waals surface area contributed by atoms with Gasteiger partial charge in [0.05, 0.1) is 6.04 Å². The summed E-state index contributed by atoms with van der Waals surface area (Å²) in [7, 11) is 0. The quantitative estimate of drug-likeness (QED) is 0.779. The van der Waals surface area contributed by atoms with Gasteiger partial charge in [0.15, 0.2) is 0 Å². The Balaban J connectivity index is 1.32. The molecule has 0 heterocycles. The number of hydrogen-bond donors (Lipinski definition) is 2. The lowest BCUT2D eigenvalue weighted by Crippen LogP contribution is -2.61. The van der Waals surface area contributed by atoms with E-state index in [-0.39, 0.29) is 11.6 Å². The van der Waals surface area contributed by atoms with Crippen LogP contribution in [0.15, 0.2) is 60.7 Å². The molecule has 4 aliphatic rings. The Bertz CT molecular complexity index is 819. The Morgan fingerprint density at radius 1 is 0.724 bits per heavy atom. The van der Waals surface area contributed by atoms with Crippen molar-refractivity contribution < 1.29 is 9.59 Å². The van der Waals surface area contributed by atoms with E-state index in [4.69, 9.17) is 0 Å². The van der Waals surface area contributed by atoms with Gasteiger partial charge in [0, 0.05) is 5.54 Å². The Kier molecular flexibility index (Phi) is 4.65. The summed E-state index contributed by atoms with van der Waals surface area (Å²) in [5.74, 6) is 1.16. The Hall–Kier alpha value is -2.62. The molecule has 29 heavy (non-hydrogen) atoms. The van der Waals surface area contributed by atoms with Crippen LogP contribution < -0.4 is 10.6 Å². The van der Waals surface area contributed by atoms with Gasteiger partial charge in [-0.3, -0.25) is 9.59 Å². The lowest BCUT2D eigenvalue weighted by molar-refractivity contribution is -0.142. The van der Waals surface area contributed by atoms with Crippen molar-refractivity contribution in [2.75, 3.05) is 0 Å². The zero-order valence-electron chi connectivity index (χ0n) is 16.6. The topological polar surface area (TPSA) is 58.2 Å². The molecule has 2 aromatic rings. The van der Waals surface area contributed by atoms with E-state index in [1.807, 2.05) is 60.7 Å². The van der Waals surface area contributed by atoms with Crippen molar-refractivity contribution in [3.8, 4) is 0 Å². The van der Waals surface area contributed by atoms with E-state index in [9.17, 15) is 9.59 Å². The number of rotatable bonds is 4. The minimum absolute atomic E-state index is 0.155. The average molecular weight is 389 g/mol. The third-order valence-electron chi connectivity index (χ3n) is 7.16. The first kappa shape index (κ1) is 18.4. The summed E-state index contributed by atoms with van der Waals surface area (Å²) in [6.45, 7) is 0. The number of carbonyl (C=O) groups excluding carboxylic acids is 2. The summed E-state index contributed by atoms with van der Waals surface area (Å²) in [5, 5.41) is 6.16. The van der Waals surface area contributed by atoms with Crippen molar-refractivity contribution in [3.05, 3.63) is 71.8 Å². The molecule has 0 aliphatic heterocycles. The van der Waals surface area contributed by atoms with Crippen molar-refractivity contribution >= 4 is 11.8 Å². The van der Waals surface area contributed by atoms with E-state index in [0.29, 0.717) is 0 Å². The molecule has 0 saturated heterocycles. The molecule has 2 amide bonds. The Morgan fingerprint density at radius 3 is 1.62 bits per heavy atom. The SMILES string of the molecule is O=C(NC(c1ccccc1)c1ccccc1)C(=O)NC12CC3CC(CC(C3)C1)C2. The number of amides is 2. The van der Waals surface area contributed by atoms with E-state index < -0.39 is 11.8 Å². The molecule has 4 fully saturated rings. The molecule has 2 aromatic carbocycles. The summed E-state index contributed by atoms with van der Waals surface area (Å²) in [4.78, 5) is 25.8. The second-order valence-corrected chi connectivity index (χ2v) is 9.38. The smallest absolute Gasteiger partial charge is 0.310 e. The summed E-state index contributed by atoms with van der Waals surface area (Å²) < 4.78 is 0. The lowest BCUT2D eigenvalue weighted by atomic mass is 9.53. The second kappa shape index (κ2) is 7.33. The standard InChI is InChI=1S/C25H28N2O2/c28-23(24(29)27-25-14-17-11-18(15-25)13-19(12-17)16-25)26-22(20-7-3-1-4-8-20)21-9-5-2-6-10-21/h1-10,17-19,22H,11-16H2,(H,26,28)(H,27,29). The van der Waals surface area contributed by atoms with E-state index in [0.717, 1.165) is 48.1 Å². The third-order valence-corrected chi connectivity index (χ3v) is 7.16. The van der Waals surface area contributed by atoms with Crippen LogP contribution in [0.3, 0.4) is 0 Å². The van der Waals surface area contributed by atoms with Gasteiger partial charge in [-0.05, 0) is 67.4 Å².